The van der Waals surface area contributed by atoms with Crippen molar-refractivity contribution in [3.63, 3.8) is 0 Å². The summed E-state index contributed by atoms with van der Waals surface area (Å²) in [5.41, 5.74) is 0. The van der Waals surface area contributed by atoms with Crippen LogP contribution < -0.4 is 5.32 Å². The standard InChI is InChI=1S/C61H107NO5/c1-4-7-10-13-16-19-22-25-27-29-30-32-34-36-39-42-45-48-51-54-61(66)67-57(52-49-46-43-40-37-35-33-31-28-26-23-20-17-14-11-8-5-2)55-60(65)62-58(56-63)59(64)53-50-47-44-41-38-24-21-18-15-12-9-6-3/h8,11,16-17,19-20,25-28,33,35,40,43,57-59,63-64H,4-7,9-10,12-15,18,21-24,29-32,34,36-39,41-42,44-56H2,1-3H3,(H,62,65)/b11-8-,19-16-,20-17-,27-25-,28-26-,35-33-,43-40-. The Kier molecular flexibility index (Phi) is 51.6. The molecule has 3 unspecified atom stereocenters. The number of esters is 1. The first kappa shape index (κ1) is 64.0. The number of allylic oxidation sites excluding steroid dienone is 14. The van der Waals surface area contributed by atoms with Crippen molar-refractivity contribution in [3.05, 3.63) is 85.1 Å². The Labute approximate surface area is 414 Å². The molecule has 0 fully saturated rings. The third kappa shape index (κ3) is 49.3. The minimum Gasteiger partial charge on any atom is -0.462 e. The molecular weight excluding hydrogens is 827 g/mol. The van der Waals surface area contributed by atoms with E-state index in [-0.39, 0.29) is 24.9 Å². The molecule has 386 valence electrons. The van der Waals surface area contributed by atoms with Crippen molar-refractivity contribution in [2.45, 2.75) is 283 Å². The van der Waals surface area contributed by atoms with E-state index in [1.165, 1.54) is 128 Å². The van der Waals surface area contributed by atoms with Crippen LogP contribution in [0.15, 0.2) is 85.1 Å². The fraction of sp³-hybridized carbons (Fsp3) is 0.738. The molecule has 0 aromatic heterocycles. The van der Waals surface area contributed by atoms with Crippen LogP contribution >= 0.6 is 0 Å². The summed E-state index contributed by atoms with van der Waals surface area (Å²) in [6, 6.07) is -0.725. The molecule has 0 aromatic rings. The van der Waals surface area contributed by atoms with Crippen LogP contribution in [0, 0.1) is 0 Å². The van der Waals surface area contributed by atoms with Crippen LogP contribution in [-0.2, 0) is 14.3 Å². The van der Waals surface area contributed by atoms with E-state index in [0.717, 1.165) is 89.9 Å². The van der Waals surface area contributed by atoms with E-state index in [2.05, 4.69) is 111 Å². The van der Waals surface area contributed by atoms with Crippen LogP contribution in [0.2, 0.25) is 0 Å². The third-order valence-corrected chi connectivity index (χ3v) is 12.5. The maximum atomic E-state index is 13.2. The van der Waals surface area contributed by atoms with E-state index >= 15 is 0 Å². The monoisotopic (exact) mass is 934 g/mol. The minimum absolute atomic E-state index is 0.0338. The molecular formula is C61H107NO5. The average molecular weight is 935 g/mol. The fourth-order valence-electron chi connectivity index (χ4n) is 8.20. The van der Waals surface area contributed by atoms with E-state index in [4.69, 9.17) is 4.74 Å². The number of ether oxygens (including phenoxy) is 1. The van der Waals surface area contributed by atoms with Gasteiger partial charge in [-0.3, -0.25) is 9.59 Å². The second kappa shape index (κ2) is 54.0. The summed E-state index contributed by atoms with van der Waals surface area (Å²) >= 11 is 0. The van der Waals surface area contributed by atoms with Gasteiger partial charge in [-0.25, -0.2) is 0 Å². The molecule has 0 heterocycles. The van der Waals surface area contributed by atoms with Gasteiger partial charge in [0.05, 0.1) is 25.2 Å². The Morgan fingerprint density at radius 2 is 0.821 bits per heavy atom. The smallest absolute Gasteiger partial charge is 0.306 e. The van der Waals surface area contributed by atoms with E-state index in [9.17, 15) is 19.8 Å². The number of hydrogen-bond acceptors (Lipinski definition) is 5. The summed E-state index contributed by atoms with van der Waals surface area (Å²) in [4.78, 5) is 26.3. The number of unbranched alkanes of at least 4 members (excludes halogenated alkanes) is 24. The van der Waals surface area contributed by atoms with Crippen molar-refractivity contribution in [3.8, 4) is 0 Å². The first-order chi connectivity index (χ1) is 33.0. The van der Waals surface area contributed by atoms with Crippen LogP contribution in [0.4, 0.5) is 0 Å². The summed E-state index contributed by atoms with van der Waals surface area (Å²) < 4.78 is 5.93. The third-order valence-electron chi connectivity index (χ3n) is 12.5. The molecule has 67 heavy (non-hydrogen) atoms. The summed E-state index contributed by atoms with van der Waals surface area (Å²) in [7, 11) is 0. The minimum atomic E-state index is -0.807. The zero-order valence-electron chi connectivity index (χ0n) is 44.0. The van der Waals surface area contributed by atoms with Gasteiger partial charge in [-0.1, -0.05) is 241 Å². The quantitative estimate of drug-likeness (QED) is 0.0321. The van der Waals surface area contributed by atoms with Gasteiger partial charge in [0.1, 0.15) is 6.10 Å². The molecule has 0 saturated carbocycles. The first-order valence-corrected chi connectivity index (χ1v) is 28.3. The Morgan fingerprint density at radius 1 is 0.448 bits per heavy atom. The van der Waals surface area contributed by atoms with Gasteiger partial charge in [-0.2, -0.15) is 0 Å². The van der Waals surface area contributed by atoms with Crippen molar-refractivity contribution >= 4 is 11.9 Å². The number of aliphatic hydroxyl groups is 2. The highest BCUT2D eigenvalue weighted by Crippen LogP contribution is 2.17. The maximum Gasteiger partial charge on any atom is 0.306 e. The van der Waals surface area contributed by atoms with E-state index in [1.54, 1.807) is 0 Å². The van der Waals surface area contributed by atoms with Crippen LogP contribution in [0.3, 0.4) is 0 Å². The Morgan fingerprint density at radius 3 is 1.28 bits per heavy atom. The van der Waals surface area contributed by atoms with Crippen LogP contribution in [0.1, 0.15) is 265 Å². The van der Waals surface area contributed by atoms with Crippen molar-refractivity contribution < 1.29 is 24.5 Å². The molecule has 0 aromatic carbocycles. The topological polar surface area (TPSA) is 95.9 Å². The van der Waals surface area contributed by atoms with Crippen molar-refractivity contribution in [1.29, 1.82) is 0 Å². The Bertz CT molecular complexity index is 1280. The predicted octanol–water partition coefficient (Wildman–Crippen LogP) is 17.5. The number of carbonyl (C=O) groups excluding carboxylic acids is 2. The maximum absolute atomic E-state index is 13.2. The number of nitrogens with one attached hydrogen (secondary N) is 1. The molecule has 0 aliphatic rings. The number of hydrogen-bond donors (Lipinski definition) is 3. The number of rotatable bonds is 50. The molecule has 0 bridgehead atoms. The lowest BCUT2D eigenvalue weighted by atomic mass is 10.0. The Hall–Kier alpha value is -2.96. The van der Waals surface area contributed by atoms with Crippen LogP contribution in [0.25, 0.3) is 0 Å². The highest BCUT2D eigenvalue weighted by molar-refractivity contribution is 5.77. The number of carbonyl (C=O) groups is 2. The molecule has 0 aliphatic heterocycles. The molecule has 0 saturated heterocycles. The van der Waals surface area contributed by atoms with Crippen molar-refractivity contribution in [2.24, 2.45) is 0 Å². The molecule has 1 amide bonds. The fourth-order valence-corrected chi connectivity index (χ4v) is 8.20. The zero-order chi connectivity index (χ0) is 48.8. The molecule has 0 radical (unpaired) electrons. The van der Waals surface area contributed by atoms with E-state index in [1.807, 2.05) is 0 Å². The highest BCUT2D eigenvalue weighted by atomic mass is 16.5. The van der Waals surface area contributed by atoms with Crippen LogP contribution in [-0.4, -0.2) is 46.9 Å². The van der Waals surface area contributed by atoms with Gasteiger partial charge in [-0.05, 0) is 96.3 Å². The van der Waals surface area contributed by atoms with Crippen LogP contribution in [0.5, 0.6) is 0 Å². The molecule has 6 nitrogen and oxygen atoms in total. The summed E-state index contributed by atoms with van der Waals surface area (Å²) in [6.07, 6.45) is 70.8. The van der Waals surface area contributed by atoms with Gasteiger partial charge in [-0.15, -0.1) is 0 Å². The lowest BCUT2D eigenvalue weighted by molar-refractivity contribution is -0.151. The van der Waals surface area contributed by atoms with E-state index < -0.39 is 18.2 Å². The molecule has 6 heteroatoms. The van der Waals surface area contributed by atoms with Gasteiger partial charge in [0.2, 0.25) is 5.91 Å². The summed E-state index contributed by atoms with van der Waals surface area (Å²) in [5, 5.41) is 23.8. The second-order valence-corrected chi connectivity index (χ2v) is 19.0. The predicted molar refractivity (Wildman–Crippen MR) is 291 cm³/mol. The molecule has 0 spiro atoms. The van der Waals surface area contributed by atoms with Gasteiger partial charge >= 0.3 is 5.97 Å². The SMILES string of the molecule is CC/C=C\C/C=C\C/C=C\C/C=C\C/C=C\CCCC(CC(=O)NC(CO)C(O)CCCCCCCCCCCCCC)OC(=O)CCCCCCCCCCC/C=C\C/C=C\CCCCC. The van der Waals surface area contributed by atoms with Crippen molar-refractivity contribution in [1.82, 2.24) is 5.32 Å². The van der Waals surface area contributed by atoms with Crippen molar-refractivity contribution in [2.75, 3.05) is 6.61 Å². The normalized spacial score (nSPS) is 13.8. The molecule has 0 aliphatic carbocycles. The van der Waals surface area contributed by atoms with Gasteiger partial charge in [0, 0.05) is 6.42 Å². The number of aliphatic hydroxyl groups excluding tert-OH is 2. The molecule has 3 N–H and O–H groups in total. The van der Waals surface area contributed by atoms with Gasteiger partial charge < -0.3 is 20.3 Å². The zero-order valence-corrected chi connectivity index (χ0v) is 44.0. The largest absolute Gasteiger partial charge is 0.462 e. The van der Waals surface area contributed by atoms with Gasteiger partial charge in [0.25, 0.3) is 0 Å². The highest BCUT2D eigenvalue weighted by Gasteiger charge is 2.24. The lowest BCUT2D eigenvalue weighted by Crippen LogP contribution is -2.46. The Balaban J connectivity index is 4.67. The summed E-state index contributed by atoms with van der Waals surface area (Å²) in [6.45, 7) is 6.34. The summed E-state index contributed by atoms with van der Waals surface area (Å²) in [5.74, 6) is -0.534. The van der Waals surface area contributed by atoms with E-state index in [0.29, 0.717) is 19.3 Å². The first-order valence-electron chi connectivity index (χ1n) is 28.3. The second-order valence-electron chi connectivity index (χ2n) is 19.0. The van der Waals surface area contributed by atoms with Gasteiger partial charge in [0.15, 0.2) is 0 Å². The lowest BCUT2D eigenvalue weighted by Gasteiger charge is -2.24. The molecule has 3 atom stereocenters. The number of amides is 1. The molecule has 0 rings (SSSR count). The average Bonchev–Trinajstić information content (AvgIpc) is 3.32.